The van der Waals surface area contributed by atoms with Crippen LogP contribution in [0.3, 0.4) is 0 Å². The Bertz CT molecular complexity index is 1020. The molecule has 0 radical (unpaired) electrons. The number of rotatable bonds is 5. The van der Waals surface area contributed by atoms with Crippen LogP contribution in [0.1, 0.15) is 22.8 Å². The highest BCUT2D eigenvalue weighted by Gasteiger charge is 2.33. The second-order valence-electron chi connectivity index (χ2n) is 5.80. The fourth-order valence-electron chi connectivity index (χ4n) is 2.86. The van der Waals surface area contributed by atoms with E-state index < -0.39 is 17.7 Å². The summed E-state index contributed by atoms with van der Waals surface area (Å²) in [4.78, 5) is 12.6. The fraction of sp³-hybridized carbons (Fsp3) is 0.250. The summed E-state index contributed by atoms with van der Waals surface area (Å²) in [5.74, 6) is 0.120. The second kappa shape index (κ2) is 7.46. The zero-order chi connectivity index (χ0) is 20.5. The predicted molar refractivity (Wildman–Crippen MR) is 95.7 cm³/mol. The van der Waals surface area contributed by atoms with E-state index in [0.29, 0.717) is 17.1 Å². The quantitative estimate of drug-likeness (QED) is 0.549. The number of carbonyl (C=O) groups excluding carboxylic acids is 1. The Morgan fingerprint density at radius 1 is 1.07 bits per heavy atom. The van der Waals surface area contributed by atoms with Crippen molar-refractivity contribution in [1.29, 1.82) is 0 Å². The molecule has 0 fully saturated rings. The number of furan rings is 1. The molecule has 0 aliphatic carbocycles. The number of methoxy groups -OCH3 is 2. The van der Waals surface area contributed by atoms with Crippen LogP contribution in [-0.4, -0.2) is 26.8 Å². The number of hydrogen-bond donors (Lipinski definition) is 0. The smallest absolute Gasteiger partial charge is 0.416 e. The van der Waals surface area contributed by atoms with Gasteiger partial charge in [0, 0.05) is 11.5 Å². The Labute approximate surface area is 158 Å². The van der Waals surface area contributed by atoms with Crippen LogP contribution >= 0.6 is 0 Å². The van der Waals surface area contributed by atoms with Crippen LogP contribution < -0.4 is 9.47 Å². The maximum absolute atomic E-state index is 13.1. The van der Waals surface area contributed by atoms with Crippen molar-refractivity contribution in [3.8, 4) is 22.8 Å². The Morgan fingerprint density at radius 2 is 1.82 bits per heavy atom. The van der Waals surface area contributed by atoms with Crippen LogP contribution in [0.2, 0.25) is 0 Å². The molecule has 0 unspecified atom stereocenters. The molecule has 8 heteroatoms. The van der Waals surface area contributed by atoms with Crippen LogP contribution in [0.5, 0.6) is 11.5 Å². The van der Waals surface area contributed by atoms with Crippen molar-refractivity contribution >= 4 is 16.9 Å². The number of halogens is 3. The first-order valence-electron chi connectivity index (χ1n) is 8.33. The lowest BCUT2D eigenvalue weighted by Crippen LogP contribution is -2.07. The standard InChI is InChI=1S/C20H17F3O5/c1-4-27-19(24)17-14-9-11(20(21,22)23)5-8-15(14)28-18(17)13-7-6-12(25-2)10-16(13)26-3/h5-10H,4H2,1-3H3. The van der Waals surface area contributed by atoms with Gasteiger partial charge < -0.3 is 18.6 Å². The number of benzene rings is 2. The van der Waals surface area contributed by atoms with Gasteiger partial charge in [0.1, 0.15) is 22.6 Å². The molecule has 0 aliphatic heterocycles. The van der Waals surface area contributed by atoms with Gasteiger partial charge in [0.2, 0.25) is 0 Å². The van der Waals surface area contributed by atoms with Gasteiger partial charge in [0.15, 0.2) is 5.76 Å². The minimum Gasteiger partial charge on any atom is -0.497 e. The van der Waals surface area contributed by atoms with Crippen molar-refractivity contribution < 1.29 is 36.6 Å². The average molecular weight is 394 g/mol. The summed E-state index contributed by atoms with van der Waals surface area (Å²) in [5, 5.41) is 0.0150. The van der Waals surface area contributed by atoms with Gasteiger partial charge in [-0.2, -0.15) is 13.2 Å². The lowest BCUT2D eigenvalue weighted by atomic mass is 10.0. The van der Waals surface area contributed by atoms with Crippen LogP contribution in [-0.2, 0) is 10.9 Å². The number of carbonyl (C=O) groups is 1. The summed E-state index contributed by atoms with van der Waals surface area (Å²) in [5.41, 5.74) is -0.467. The maximum Gasteiger partial charge on any atom is 0.416 e. The van der Waals surface area contributed by atoms with Gasteiger partial charge in [-0.1, -0.05) is 0 Å². The molecule has 1 aromatic heterocycles. The van der Waals surface area contributed by atoms with Crippen molar-refractivity contribution in [1.82, 2.24) is 0 Å². The molecule has 0 saturated carbocycles. The van der Waals surface area contributed by atoms with Crippen molar-refractivity contribution in [3.63, 3.8) is 0 Å². The van der Waals surface area contributed by atoms with Crippen LogP contribution in [0.25, 0.3) is 22.3 Å². The van der Waals surface area contributed by atoms with Crippen molar-refractivity contribution in [2.45, 2.75) is 13.1 Å². The first-order valence-corrected chi connectivity index (χ1v) is 8.33. The summed E-state index contributed by atoms with van der Waals surface area (Å²) in [6.07, 6.45) is -4.56. The number of fused-ring (bicyclic) bond motifs is 1. The van der Waals surface area contributed by atoms with E-state index in [1.807, 2.05) is 0 Å². The largest absolute Gasteiger partial charge is 0.497 e. The fourth-order valence-corrected chi connectivity index (χ4v) is 2.86. The molecule has 0 spiro atoms. The first kappa shape index (κ1) is 19.6. The SMILES string of the molecule is CCOC(=O)c1c(-c2ccc(OC)cc2OC)oc2ccc(C(F)(F)F)cc12. The summed E-state index contributed by atoms with van der Waals surface area (Å²) in [6.45, 7) is 1.67. The molecular weight excluding hydrogens is 377 g/mol. The molecule has 3 aromatic rings. The van der Waals surface area contributed by atoms with E-state index in [1.165, 1.54) is 20.3 Å². The molecule has 3 rings (SSSR count). The normalized spacial score (nSPS) is 11.5. The first-order chi connectivity index (χ1) is 13.3. The van der Waals surface area contributed by atoms with E-state index >= 15 is 0 Å². The summed E-state index contributed by atoms with van der Waals surface area (Å²) in [7, 11) is 2.91. The number of alkyl halides is 3. The van der Waals surface area contributed by atoms with Crippen molar-refractivity contribution in [2.24, 2.45) is 0 Å². The molecule has 28 heavy (non-hydrogen) atoms. The third-order valence-corrected chi connectivity index (χ3v) is 4.15. The van der Waals surface area contributed by atoms with E-state index in [4.69, 9.17) is 18.6 Å². The van der Waals surface area contributed by atoms with Gasteiger partial charge >= 0.3 is 12.1 Å². The molecule has 148 valence electrons. The molecule has 0 N–H and O–H groups in total. The summed E-state index contributed by atoms with van der Waals surface area (Å²) < 4.78 is 60.7. The topological polar surface area (TPSA) is 57.9 Å². The lowest BCUT2D eigenvalue weighted by molar-refractivity contribution is -0.137. The highest BCUT2D eigenvalue weighted by atomic mass is 19.4. The highest BCUT2D eigenvalue weighted by molar-refractivity contribution is 6.09. The molecule has 0 amide bonds. The van der Waals surface area contributed by atoms with Gasteiger partial charge in [-0.3, -0.25) is 0 Å². The molecule has 0 saturated heterocycles. The van der Waals surface area contributed by atoms with Crippen LogP contribution in [0.4, 0.5) is 13.2 Å². The summed E-state index contributed by atoms with van der Waals surface area (Å²) >= 11 is 0. The molecule has 0 bridgehead atoms. The van der Waals surface area contributed by atoms with Gasteiger partial charge in [0.05, 0.1) is 32.0 Å². The van der Waals surface area contributed by atoms with Crippen LogP contribution in [0.15, 0.2) is 40.8 Å². The van der Waals surface area contributed by atoms with E-state index in [0.717, 1.165) is 12.1 Å². The Hall–Kier alpha value is -3.16. The van der Waals surface area contributed by atoms with Gasteiger partial charge in [-0.25, -0.2) is 4.79 Å². The van der Waals surface area contributed by atoms with E-state index in [9.17, 15) is 18.0 Å². The number of ether oxygens (including phenoxy) is 3. The van der Waals surface area contributed by atoms with Gasteiger partial charge in [-0.15, -0.1) is 0 Å². The van der Waals surface area contributed by atoms with E-state index in [2.05, 4.69) is 0 Å². The zero-order valence-corrected chi connectivity index (χ0v) is 15.3. The monoisotopic (exact) mass is 394 g/mol. The molecule has 0 atom stereocenters. The zero-order valence-electron chi connectivity index (χ0n) is 15.3. The third-order valence-electron chi connectivity index (χ3n) is 4.15. The number of hydrogen-bond acceptors (Lipinski definition) is 5. The maximum atomic E-state index is 13.1. The van der Waals surface area contributed by atoms with Crippen molar-refractivity contribution in [2.75, 3.05) is 20.8 Å². The Kier molecular flexibility index (Phi) is 5.22. The van der Waals surface area contributed by atoms with Crippen LogP contribution in [0, 0.1) is 0 Å². The van der Waals surface area contributed by atoms with E-state index in [1.54, 1.807) is 25.1 Å². The molecule has 0 aliphatic rings. The van der Waals surface area contributed by atoms with Gasteiger partial charge in [-0.05, 0) is 37.3 Å². The number of esters is 1. The predicted octanol–water partition coefficient (Wildman–Crippen LogP) is 5.31. The van der Waals surface area contributed by atoms with Gasteiger partial charge in [0.25, 0.3) is 0 Å². The Morgan fingerprint density at radius 3 is 2.43 bits per heavy atom. The highest BCUT2D eigenvalue weighted by Crippen LogP contribution is 2.41. The third kappa shape index (κ3) is 3.49. The molecule has 1 heterocycles. The van der Waals surface area contributed by atoms with Crippen molar-refractivity contribution in [3.05, 3.63) is 47.5 Å². The Balaban J connectivity index is 2.30. The second-order valence-corrected chi connectivity index (χ2v) is 5.80. The van der Waals surface area contributed by atoms with E-state index in [-0.39, 0.29) is 28.9 Å². The minimum atomic E-state index is -4.56. The molecule has 5 nitrogen and oxygen atoms in total. The molecular formula is C20H17F3O5. The lowest BCUT2D eigenvalue weighted by Gasteiger charge is -2.10. The molecule has 2 aromatic carbocycles. The minimum absolute atomic E-state index is 0.0150. The average Bonchev–Trinajstić information content (AvgIpc) is 3.05. The summed E-state index contributed by atoms with van der Waals surface area (Å²) in [6, 6.07) is 7.77.